The highest BCUT2D eigenvalue weighted by molar-refractivity contribution is 5.76. The van der Waals surface area contributed by atoms with Crippen LogP contribution in [0.3, 0.4) is 0 Å². The van der Waals surface area contributed by atoms with Gasteiger partial charge in [0.1, 0.15) is 5.82 Å². The molecule has 3 rings (SSSR count). The summed E-state index contributed by atoms with van der Waals surface area (Å²) >= 11 is 0. The summed E-state index contributed by atoms with van der Waals surface area (Å²) in [5, 5.41) is 3.16. The lowest BCUT2D eigenvalue weighted by atomic mass is 10.1. The van der Waals surface area contributed by atoms with Gasteiger partial charge in [0, 0.05) is 56.9 Å². The van der Waals surface area contributed by atoms with Crippen molar-refractivity contribution in [3.63, 3.8) is 0 Å². The summed E-state index contributed by atoms with van der Waals surface area (Å²) in [7, 11) is 0. The van der Waals surface area contributed by atoms with Crippen LogP contribution < -0.4 is 10.2 Å². The molecule has 1 N–H and O–H groups in total. The van der Waals surface area contributed by atoms with E-state index in [2.05, 4.69) is 42.3 Å². The molecule has 144 valence electrons. The van der Waals surface area contributed by atoms with E-state index < -0.39 is 0 Å². The predicted molar refractivity (Wildman–Crippen MR) is 107 cm³/mol. The fourth-order valence-corrected chi connectivity index (χ4v) is 3.49. The number of nitrogens with one attached hydrogen (secondary N) is 1. The molecular weight excluding hydrogens is 341 g/mol. The number of aryl methyl sites for hydroxylation is 1. The number of rotatable bonds is 6. The molecule has 1 aliphatic rings. The molecule has 2 aromatic carbocycles. The zero-order chi connectivity index (χ0) is 19.2. The highest BCUT2D eigenvalue weighted by atomic mass is 19.1. The van der Waals surface area contributed by atoms with Crippen LogP contribution in [-0.4, -0.2) is 43.5 Å². The highest BCUT2D eigenvalue weighted by Crippen LogP contribution is 2.23. The summed E-state index contributed by atoms with van der Waals surface area (Å²) in [6, 6.07) is 13.1. The van der Waals surface area contributed by atoms with Crippen molar-refractivity contribution in [2.24, 2.45) is 0 Å². The van der Waals surface area contributed by atoms with Crippen LogP contribution in [0.5, 0.6) is 0 Å². The minimum atomic E-state index is -0.209. The van der Waals surface area contributed by atoms with Crippen LogP contribution in [0.4, 0.5) is 10.1 Å². The lowest BCUT2D eigenvalue weighted by Gasteiger charge is -2.37. The van der Waals surface area contributed by atoms with Gasteiger partial charge < -0.3 is 15.1 Å². The Balaban J connectivity index is 1.42. The lowest BCUT2D eigenvalue weighted by Crippen LogP contribution is -2.49. The minimum absolute atomic E-state index is 0.164. The SMILES string of the molecule is Cc1cccc(N2CCN(C(=O)CCNCc3ccccc3F)CC2)c1C. The summed E-state index contributed by atoms with van der Waals surface area (Å²) in [5.41, 5.74) is 4.52. The third-order valence-electron chi connectivity index (χ3n) is 5.34. The standard InChI is InChI=1S/C22H28FN3O/c1-17-6-5-9-21(18(17)2)25-12-14-26(15-13-25)22(27)10-11-24-16-19-7-3-4-8-20(19)23/h3-9,24H,10-16H2,1-2H3. The second-order valence-corrected chi connectivity index (χ2v) is 7.11. The van der Waals surface area contributed by atoms with Crippen LogP contribution in [0.1, 0.15) is 23.1 Å². The molecule has 1 aliphatic heterocycles. The van der Waals surface area contributed by atoms with Crippen molar-refractivity contribution in [1.29, 1.82) is 0 Å². The van der Waals surface area contributed by atoms with Crippen molar-refractivity contribution in [1.82, 2.24) is 10.2 Å². The molecule has 2 aromatic rings. The Morgan fingerprint density at radius 2 is 1.78 bits per heavy atom. The summed E-state index contributed by atoms with van der Waals surface area (Å²) in [6.07, 6.45) is 0.442. The summed E-state index contributed by atoms with van der Waals surface area (Å²) in [4.78, 5) is 16.7. The van der Waals surface area contributed by atoms with Crippen molar-refractivity contribution in [3.8, 4) is 0 Å². The molecule has 0 radical (unpaired) electrons. The maximum absolute atomic E-state index is 13.6. The smallest absolute Gasteiger partial charge is 0.223 e. The zero-order valence-corrected chi connectivity index (χ0v) is 16.2. The Bertz CT molecular complexity index is 785. The number of anilines is 1. The van der Waals surface area contributed by atoms with E-state index >= 15 is 0 Å². The molecular formula is C22H28FN3O. The molecule has 4 nitrogen and oxygen atoms in total. The first-order chi connectivity index (χ1) is 13.1. The molecule has 0 atom stereocenters. The van der Waals surface area contributed by atoms with E-state index in [0.717, 1.165) is 26.2 Å². The van der Waals surface area contributed by atoms with Crippen LogP contribution in [0.15, 0.2) is 42.5 Å². The number of benzene rings is 2. The Kier molecular flexibility index (Phi) is 6.45. The van der Waals surface area contributed by atoms with Gasteiger partial charge in [0.15, 0.2) is 0 Å². The monoisotopic (exact) mass is 369 g/mol. The molecule has 0 aromatic heterocycles. The Morgan fingerprint density at radius 1 is 1.04 bits per heavy atom. The average molecular weight is 369 g/mol. The van der Waals surface area contributed by atoms with Crippen molar-refractivity contribution in [2.45, 2.75) is 26.8 Å². The van der Waals surface area contributed by atoms with Gasteiger partial charge in [0.2, 0.25) is 5.91 Å². The number of amides is 1. The molecule has 1 amide bonds. The fraction of sp³-hybridized carbons (Fsp3) is 0.409. The Hall–Kier alpha value is -2.40. The zero-order valence-electron chi connectivity index (χ0n) is 16.2. The van der Waals surface area contributed by atoms with Crippen LogP contribution in [0.25, 0.3) is 0 Å². The normalized spacial score (nSPS) is 14.5. The molecule has 5 heteroatoms. The Morgan fingerprint density at radius 3 is 2.52 bits per heavy atom. The maximum atomic E-state index is 13.6. The van der Waals surface area contributed by atoms with Gasteiger partial charge in [-0.25, -0.2) is 4.39 Å². The number of piperazine rings is 1. The van der Waals surface area contributed by atoms with Gasteiger partial charge in [-0.15, -0.1) is 0 Å². The number of carbonyl (C=O) groups is 1. The predicted octanol–water partition coefficient (Wildman–Crippen LogP) is 3.27. The van der Waals surface area contributed by atoms with Crippen molar-refractivity contribution < 1.29 is 9.18 Å². The first-order valence-corrected chi connectivity index (χ1v) is 9.59. The average Bonchev–Trinajstić information content (AvgIpc) is 2.68. The van der Waals surface area contributed by atoms with Crippen molar-refractivity contribution in [3.05, 3.63) is 65.0 Å². The van der Waals surface area contributed by atoms with Gasteiger partial charge in [-0.1, -0.05) is 30.3 Å². The van der Waals surface area contributed by atoms with E-state index in [1.165, 1.54) is 22.9 Å². The number of carbonyl (C=O) groups excluding carboxylic acids is 1. The van der Waals surface area contributed by atoms with Crippen molar-refractivity contribution >= 4 is 11.6 Å². The second kappa shape index (κ2) is 9.00. The molecule has 0 saturated carbocycles. The van der Waals surface area contributed by atoms with E-state index in [0.29, 0.717) is 25.1 Å². The van der Waals surface area contributed by atoms with Gasteiger partial charge in [0.05, 0.1) is 0 Å². The topological polar surface area (TPSA) is 35.6 Å². The van der Waals surface area contributed by atoms with Crippen molar-refractivity contribution in [2.75, 3.05) is 37.6 Å². The highest BCUT2D eigenvalue weighted by Gasteiger charge is 2.21. The molecule has 0 aliphatic carbocycles. The second-order valence-electron chi connectivity index (χ2n) is 7.11. The quantitative estimate of drug-likeness (QED) is 0.794. The van der Waals surface area contributed by atoms with E-state index in [-0.39, 0.29) is 11.7 Å². The van der Waals surface area contributed by atoms with Gasteiger partial charge in [-0.2, -0.15) is 0 Å². The van der Waals surface area contributed by atoms with Gasteiger partial charge in [-0.3, -0.25) is 4.79 Å². The van der Waals surface area contributed by atoms with E-state index in [1.807, 2.05) is 11.0 Å². The molecule has 1 fully saturated rings. The number of hydrogen-bond donors (Lipinski definition) is 1. The lowest BCUT2D eigenvalue weighted by molar-refractivity contribution is -0.131. The molecule has 0 spiro atoms. The van der Waals surface area contributed by atoms with Crippen LogP contribution in [-0.2, 0) is 11.3 Å². The minimum Gasteiger partial charge on any atom is -0.368 e. The van der Waals surface area contributed by atoms with E-state index in [9.17, 15) is 9.18 Å². The van der Waals surface area contributed by atoms with Crippen LogP contribution in [0.2, 0.25) is 0 Å². The van der Waals surface area contributed by atoms with Gasteiger partial charge in [0.25, 0.3) is 0 Å². The third-order valence-corrected chi connectivity index (χ3v) is 5.34. The number of hydrogen-bond acceptors (Lipinski definition) is 3. The van der Waals surface area contributed by atoms with Gasteiger partial charge in [-0.05, 0) is 37.1 Å². The molecule has 1 heterocycles. The Labute approximate surface area is 161 Å². The van der Waals surface area contributed by atoms with Gasteiger partial charge >= 0.3 is 0 Å². The summed E-state index contributed by atoms with van der Waals surface area (Å²) < 4.78 is 13.6. The molecule has 1 saturated heterocycles. The largest absolute Gasteiger partial charge is 0.368 e. The fourth-order valence-electron chi connectivity index (χ4n) is 3.49. The van der Waals surface area contributed by atoms with Crippen LogP contribution in [0, 0.1) is 19.7 Å². The van der Waals surface area contributed by atoms with Crippen LogP contribution >= 0.6 is 0 Å². The molecule has 0 unspecified atom stereocenters. The van der Waals surface area contributed by atoms with E-state index in [1.54, 1.807) is 12.1 Å². The third kappa shape index (κ3) is 4.86. The first-order valence-electron chi connectivity index (χ1n) is 9.59. The van der Waals surface area contributed by atoms with E-state index in [4.69, 9.17) is 0 Å². The maximum Gasteiger partial charge on any atom is 0.223 e. The molecule has 27 heavy (non-hydrogen) atoms. The summed E-state index contributed by atoms with van der Waals surface area (Å²) in [5.74, 6) is -0.0458. The summed E-state index contributed by atoms with van der Waals surface area (Å²) in [6.45, 7) is 8.51. The first kappa shape index (κ1) is 19.4. The number of nitrogens with zero attached hydrogens (tertiary/aromatic N) is 2. The number of halogens is 1. The molecule has 0 bridgehead atoms.